The molecule has 188 valence electrons. The smallest absolute Gasteiger partial charge is 0.377 e. The van der Waals surface area contributed by atoms with E-state index < -0.39 is 41.3 Å². The van der Waals surface area contributed by atoms with E-state index in [1.54, 1.807) is 0 Å². The van der Waals surface area contributed by atoms with E-state index in [0.29, 0.717) is 38.5 Å². The molecule has 34 heavy (non-hydrogen) atoms. The summed E-state index contributed by atoms with van der Waals surface area (Å²) in [6, 6.07) is 0. The average molecular weight is 484 g/mol. The van der Waals surface area contributed by atoms with E-state index in [4.69, 9.17) is 23.7 Å². The minimum atomic E-state index is -3.54. The first-order valence-corrected chi connectivity index (χ1v) is 12.3. The maximum Gasteiger partial charge on any atom is 0.377 e. The van der Waals surface area contributed by atoms with Crippen molar-refractivity contribution in [2.75, 3.05) is 6.61 Å². The predicted octanol–water partition coefficient (Wildman–Crippen LogP) is 2.55. The summed E-state index contributed by atoms with van der Waals surface area (Å²) < 4.78 is 55.7. The van der Waals surface area contributed by atoms with E-state index in [0.717, 1.165) is 19.3 Å². The summed E-state index contributed by atoms with van der Waals surface area (Å²) in [6.45, 7) is 2.21. The second kappa shape index (κ2) is 7.35. The van der Waals surface area contributed by atoms with Gasteiger partial charge in [0.25, 0.3) is 0 Å². The quantitative estimate of drug-likeness (QED) is 0.402. The fourth-order valence-electron chi connectivity index (χ4n) is 8.02. The molecule has 0 radical (unpaired) electrons. The van der Waals surface area contributed by atoms with Gasteiger partial charge in [-0.1, -0.05) is 6.92 Å². The molecule has 10 heteroatoms. The lowest BCUT2D eigenvalue weighted by molar-refractivity contribution is -0.262. The van der Waals surface area contributed by atoms with Crippen LogP contribution < -0.4 is 0 Å². The van der Waals surface area contributed by atoms with Gasteiger partial charge in [0.2, 0.25) is 0 Å². The van der Waals surface area contributed by atoms with Crippen molar-refractivity contribution in [1.82, 2.24) is 0 Å². The maximum atomic E-state index is 13.6. The number of esters is 3. The summed E-state index contributed by atoms with van der Waals surface area (Å²) in [6.07, 6.45) is 2.68. The maximum absolute atomic E-state index is 13.6. The summed E-state index contributed by atoms with van der Waals surface area (Å²) in [5.41, 5.74) is -1.46. The zero-order chi connectivity index (χ0) is 24.0. The molecule has 3 saturated heterocycles. The number of ether oxygens (including phenoxy) is 5. The molecule has 0 aromatic rings. The molecule has 4 aliphatic carbocycles. The molecule has 6 bridgehead atoms. The van der Waals surface area contributed by atoms with Crippen molar-refractivity contribution in [1.29, 1.82) is 0 Å². The van der Waals surface area contributed by atoms with Crippen molar-refractivity contribution in [3.63, 3.8) is 0 Å². The van der Waals surface area contributed by atoms with E-state index in [-0.39, 0.29) is 42.5 Å². The highest BCUT2D eigenvalue weighted by molar-refractivity contribution is 5.78. The molecule has 0 amide bonds. The Hall–Kier alpha value is -1.81. The first-order chi connectivity index (χ1) is 16.0. The van der Waals surface area contributed by atoms with Crippen molar-refractivity contribution in [2.45, 2.75) is 100 Å². The van der Waals surface area contributed by atoms with E-state index in [2.05, 4.69) is 0 Å². The first kappa shape index (κ1) is 22.6. The molecule has 3 aliphatic heterocycles. The van der Waals surface area contributed by atoms with Crippen LogP contribution in [0.2, 0.25) is 0 Å². The molecule has 7 unspecified atom stereocenters. The van der Waals surface area contributed by atoms with Gasteiger partial charge in [-0.15, -0.1) is 0 Å². The third-order valence-electron chi connectivity index (χ3n) is 9.26. The molecule has 7 atom stereocenters. The minimum Gasteiger partial charge on any atom is -0.455 e. The van der Waals surface area contributed by atoms with Crippen LogP contribution in [0.4, 0.5) is 8.78 Å². The Balaban J connectivity index is 1.10. The van der Waals surface area contributed by atoms with Gasteiger partial charge in [0.05, 0.1) is 17.6 Å². The fraction of sp³-hybridized carbons (Fsp3) is 0.875. The summed E-state index contributed by atoms with van der Waals surface area (Å²) in [5.74, 6) is -5.90. The molecule has 7 rings (SSSR count). The lowest BCUT2D eigenvalue weighted by Gasteiger charge is -2.64. The van der Waals surface area contributed by atoms with Crippen LogP contribution in [0.25, 0.3) is 0 Å². The van der Waals surface area contributed by atoms with Crippen molar-refractivity contribution in [2.24, 2.45) is 23.7 Å². The molecule has 0 spiro atoms. The predicted molar refractivity (Wildman–Crippen MR) is 109 cm³/mol. The zero-order valence-electron chi connectivity index (χ0n) is 19.3. The normalized spacial score (nSPS) is 47.7. The number of carbonyl (C=O) groups excluding carboxylic acids is 3. The number of carbonyl (C=O) groups is 3. The van der Waals surface area contributed by atoms with Gasteiger partial charge in [-0.05, 0) is 50.9 Å². The average Bonchev–Trinajstić information content (AvgIpc) is 3.39. The molecule has 0 aromatic carbocycles. The third kappa shape index (κ3) is 3.23. The van der Waals surface area contributed by atoms with Crippen LogP contribution in [0, 0.1) is 23.7 Å². The van der Waals surface area contributed by atoms with Crippen LogP contribution in [0.5, 0.6) is 0 Å². The zero-order valence-corrected chi connectivity index (χ0v) is 19.3. The molecule has 4 saturated carbocycles. The molecule has 3 heterocycles. The Labute approximate surface area is 195 Å². The van der Waals surface area contributed by atoms with Crippen LogP contribution >= 0.6 is 0 Å². The van der Waals surface area contributed by atoms with Crippen molar-refractivity contribution >= 4 is 17.9 Å². The van der Waals surface area contributed by atoms with Gasteiger partial charge >= 0.3 is 23.8 Å². The van der Waals surface area contributed by atoms with Gasteiger partial charge in [0.15, 0.2) is 12.2 Å². The third-order valence-corrected chi connectivity index (χ3v) is 9.26. The van der Waals surface area contributed by atoms with E-state index >= 15 is 0 Å². The molecule has 7 fully saturated rings. The number of hydrogen-bond donors (Lipinski definition) is 0. The Morgan fingerprint density at radius 2 is 1.82 bits per heavy atom. The topological polar surface area (TPSA) is 97.4 Å². The fourth-order valence-corrected chi connectivity index (χ4v) is 8.02. The Morgan fingerprint density at radius 3 is 2.47 bits per heavy atom. The molecular formula is C24H30F2O8. The van der Waals surface area contributed by atoms with Gasteiger partial charge < -0.3 is 23.7 Å². The van der Waals surface area contributed by atoms with Crippen LogP contribution in [0.15, 0.2) is 0 Å². The summed E-state index contributed by atoms with van der Waals surface area (Å²) in [4.78, 5) is 36.6. The highest BCUT2D eigenvalue weighted by atomic mass is 19.3. The summed E-state index contributed by atoms with van der Waals surface area (Å²) in [7, 11) is 0. The molecule has 8 nitrogen and oxygen atoms in total. The Bertz CT molecular complexity index is 899. The lowest BCUT2D eigenvalue weighted by atomic mass is 9.47. The number of hydrogen-bond acceptors (Lipinski definition) is 8. The summed E-state index contributed by atoms with van der Waals surface area (Å²) >= 11 is 0. The molecule has 7 aliphatic rings. The van der Waals surface area contributed by atoms with Crippen LogP contribution in [-0.4, -0.2) is 66.1 Å². The number of halogens is 2. The highest BCUT2D eigenvalue weighted by Gasteiger charge is 2.66. The van der Waals surface area contributed by atoms with E-state index in [9.17, 15) is 23.2 Å². The minimum absolute atomic E-state index is 0.0835. The van der Waals surface area contributed by atoms with Crippen LogP contribution in [0.3, 0.4) is 0 Å². The lowest BCUT2D eigenvalue weighted by Crippen LogP contribution is -2.66. The summed E-state index contributed by atoms with van der Waals surface area (Å²) in [5, 5.41) is 0. The highest BCUT2D eigenvalue weighted by Crippen LogP contribution is 2.63. The largest absolute Gasteiger partial charge is 0.455 e. The van der Waals surface area contributed by atoms with E-state index in [1.165, 1.54) is 0 Å². The molecule has 0 aromatic heterocycles. The standard InChI is InChI=1S/C24H30F2O8/c1-3-24(34-21(29)22(2,25)26)12-4-11-5-13(24)9-23(7-11,8-12)30-10-16(27)32-18-15-6-14-17(31-15)19(18)33-20(14)28/h11-15,17-19H,3-10H2,1-2H3. The van der Waals surface area contributed by atoms with Crippen LogP contribution in [-0.2, 0) is 38.1 Å². The Kier molecular flexibility index (Phi) is 4.89. The second-order valence-corrected chi connectivity index (χ2v) is 11.2. The van der Waals surface area contributed by atoms with Gasteiger partial charge in [-0.2, -0.15) is 8.78 Å². The molecular weight excluding hydrogens is 454 g/mol. The number of alkyl halides is 2. The SMILES string of the molecule is CCC1(OC(=O)C(C)(F)F)C2CC3CC1CC(OCC(=O)OC1C4CC5C(=O)OC1C5O4)(C3)C2. The Morgan fingerprint density at radius 1 is 1.12 bits per heavy atom. The first-order valence-electron chi connectivity index (χ1n) is 12.3. The van der Waals surface area contributed by atoms with Crippen molar-refractivity contribution in [3.8, 4) is 0 Å². The van der Waals surface area contributed by atoms with Crippen molar-refractivity contribution in [3.05, 3.63) is 0 Å². The van der Waals surface area contributed by atoms with Crippen molar-refractivity contribution < 1.29 is 46.8 Å². The van der Waals surface area contributed by atoms with Crippen LogP contribution in [0.1, 0.15) is 58.8 Å². The van der Waals surface area contributed by atoms with E-state index in [1.807, 2.05) is 6.92 Å². The van der Waals surface area contributed by atoms with Gasteiger partial charge in [0.1, 0.15) is 18.3 Å². The number of rotatable bonds is 7. The second-order valence-electron chi connectivity index (χ2n) is 11.2. The number of fused-ring (bicyclic) bond motifs is 1. The monoisotopic (exact) mass is 484 g/mol. The van der Waals surface area contributed by atoms with Gasteiger partial charge in [-0.3, -0.25) is 4.79 Å². The van der Waals surface area contributed by atoms with Gasteiger partial charge in [-0.25, -0.2) is 9.59 Å². The van der Waals surface area contributed by atoms with Gasteiger partial charge in [0, 0.05) is 18.8 Å². The molecule has 0 N–H and O–H groups in total.